The molecule has 0 bridgehead atoms. The molecule has 0 rings (SSSR count). The molecule has 0 aromatic heterocycles. The molecule has 0 N–H and O–H groups in total. The van der Waals surface area contributed by atoms with Gasteiger partial charge in [-0.05, 0) is 70.6 Å². The quantitative estimate of drug-likeness (QED) is 0.0262. The van der Waals surface area contributed by atoms with Gasteiger partial charge in [-0.15, -0.1) is 0 Å². The first kappa shape index (κ1) is 63.8. The van der Waals surface area contributed by atoms with Crippen LogP contribution in [-0.4, -0.2) is 37.2 Å². The second kappa shape index (κ2) is 55.4. The lowest BCUT2D eigenvalue weighted by Gasteiger charge is -2.18. The van der Waals surface area contributed by atoms with Crippen molar-refractivity contribution in [3.05, 3.63) is 72.9 Å². The molecule has 67 heavy (non-hydrogen) atoms. The van der Waals surface area contributed by atoms with Gasteiger partial charge < -0.3 is 14.2 Å². The summed E-state index contributed by atoms with van der Waals surface area (Å²) in [5.41, 5.74) is 0. The number of rotatable bonds is 51. The minimum absolute atomic E-state index is 0.0989. The summed E-state index contributed by atoms with van der Waals surface area (Å²) in [4.78, 5) is 38.1. The van der Waals surface area contributed by atoms with Crippen molar-refractivity contribution in [1.29, 1.82) is 0 Å². The largest absolute Gasteiger partial charge is 0.462 e. The minimum atomic E-state index is -0.828. The molecule has 0 amide bonds. The van der Waals surface area contributed by atoms with Crippen LogP contribution in [0.3, 0.4) is 0 Å². The summed E-state index contributed by atoms with van der Waals surface area (Å²) in [5, 5.41) is 0. The molecule has 1 unspecified atom stereocenters. The summed E-state index contributed by atoms with van der Waals surface area (Å²) in [5.74, 6) is -1.04. The fourth-order valence-electron chi connectivity index (χ4n) is 7.98. The average Bonchev–Trinajstić information content (AvgIpc) is 3.33. The maximum atomic E-state index is 12.8. The topological polar surface area (TPSA) is 78.9 Å². The Balaban J connectivity index is 4.44. The highest BCUT2D eigenvalue weighted by Crippen LogP contribution is 2.16. The van der Waals surface area contributed by atoms with Gasteiger partial charge in [-0.2, -0.15) is 0 Å². The summed E-state index contributed by atoms with van der Waals surface area (Å²) in [6.45, 7) is 6.46. The van der Waals surface area contributed by atoms with E-state index in [2.05, 4.69) is 81.5 Å². The van der Waals surface area contributed by atoms with E-state index in [1.165, 1.54) is 167 Å². The van der Waals surface area contributed by atoms with Crippen molar-refractivity contribution >= 4 is 17.9 Å². The molecule has 0 saturated carbocycles. The summed E-state index contributed by atoms with van der Waals surface area (Å²) >= 11 is 0. The van der Waals surface area contributed by atoms with Crippen LogP contribution in [-0.2, 0) is 28.6 Å². The summed E-state index contributed by atoms with van der Waals surface area (Å²) in [6.07, 6.45) is 70.6. The van der Waals surface area contributed by atoms with E-state index in [0.29, 0.717) is 12.8 Å². The van der Waals surface area contributed by atoms with Gasteiger partial charge in [0.25, 0.3) is 0 Å². The van der Waals surface area contributed by atoms with Gasteiger partial charge in [-0.3, -0.25) is 14.4 Å². The zero-order valence-electron chi connectivity index (χ0n) is 44.2. The number of hydrogen-bond acceptors (Lipinski definition) is 6. The first-order chi connectivity index (χ1) is 33.0. The third kappa shape index (κ3) is 53.7. The Kier molecular flexibility index (Phi) is 52.8. The van der Waals surface area contributed by atoms with Crippen LogP contribution in [0.1, 0.15) is 278 Å². The van der Waals surface area contributed by atoms with Crippen LogP contribution in [0.4, 0.5) is 0 Å². The van der Waals surface area contributed by atoms with Crippen molar-refractivity contribution in [3.63, 3.8) is 0 Å². The highest BCUT2D eigenvalue weighted by Gasteiger charge is 2.19. The zero-order valence-corrected chi connectivity index (χ0v) is 44.2. The van der Waals surface area contributed by atoms with Crippen molar-refractivity contribution in [2.45, 2.75) is 284 Å². The van der Waals surface area contributed by atoms with E-state index in [0.717, 1.165) is 70.6 Å². The van der Waals surface area contributed by atoms with Crippen LogP contribution in [0, 0.1) is 0 Å². The molecule has 0 saturated heterocycles. The second-order valence-electron chi connectivity index (χ2n) is 18.8. The number of ether oxygens (including phenoxy) is 3. The van der Waals surface area contributed by atoms with Crippen LogP contribution in [0.15, 0.2) is 72.9 Å². The number of hydrogen-bond donors (Lipinski definition) is 0. The predicted molar refractivity (Wildman–Crippen MR) is 288 cm³/mol. The third-order valence-corrected chi connectivity index (χ3v) is 12.2. The molecule has 0 heterocycles. The van der Waals surface area contributed by atoms with Gasteiger partial charge in [0.1, 0.15) is 13.2 Å². The van der Waals surface area contributed by atoms with Gasteiger partial charge in [-0.1, -0.05) is 261 Å². The first-order valence-electron chi connectivity index (χ1n) is 28.4. The van der Waals surface area contributed by atoms with Gasteiger partial charge in [0.2, 0.25) is 0 Å². The molecule has 6 nitrogen and oxygen atoms in total. The van der Waals surface area contributed by atoms with Crippen molar-refractivity contribution in [1.82, 2.24) is 0 Å². The molecule has 0 fully saturated rings. The van der Waals surface area contributed by atoms with Crippen LogP contribution in [0.25, 0.3) is 0 Å². The SMILES string of the molecule is CC/C=C\C/C=C\C/C=C\C/C=C\C/C=C\CC(=O)OC(COC(=O)CCCCCCCCCCC/C=C\CCCCCCCC)COC(=O)CCCCCCCCCCCCCCCCC. The van der Waals surface area contributed by atoms with E-state index >= 15 is 0 Å². The van der Waals surface area contributed by atoms with E-state index < -0.39 is 12.1 Å². The van der Waals surface area contributed by atoms with E-state index in [-0.39, 0.29) is 31.6 Å². The van der Waals surface area contributed by atoms with Crippen LogP contribution < -0.4 is 0 Å². The molecular weight excluding hydrogens is 829 g/mol. The first-order valence-corrected chi connectivity index (χ1v) is 28.4. The van der Waals surface area contributed by atoms with Crippen LogP contribution >= 0.6 is 0 Å². The minimum Gasteiger partial charge on any atom is -0.462 e. The van der Waals surface area contributed by atoms with E-state index in [4.69, 9.17) is 14.2 Å². The maximum Gasteiger partial charge on any atom is 0.310 e. The number of esters is 3. The smallest absolute Gasteiger partial charge is 0.310 e. The Morgan fingerprint density at radius 1 is 0.328 bits per heavy atom. The molecule has 0 aliphatic rings. The fourth-order valence-corrected chi connectivity index (χ4v) is 7.98. The van der Waals surface area contributed by atoms with Gasteiger partial charge in [0.15, 0.2) is 6.10 Å². The van der Waals surface area contributed by atoms with E-state index in [1.807, 2.05) is 6.08 Å². The standard InChI is InChI=1S/C61H106O6/c1-4-7-10-13-16-19-22-25-28-29-30-31-34-36-39-42-45-48-51-54-60(63)66-57-58(67-61(64)55-52-49-46-43-40-37-33-27-24-21-18-15-12-9-6-3)56-65-59(62)53-50-47-44-41-38-35-32-26-23-20-17-14-11-8-5-2/h9,12,18,21,25,27-28,33,40,43,49,52,58H,4-8,10-11,13-17,19-20,22-24,26,29-32,34-39,41-42,44-48,50-51,53-57H2,1-3H3/b12-9-,21-18-,28-25-,33-27-,43-40-,52-49-. The molecule has 0 aromatic rings. The lowest BCUT2D eigenvalue weighted by Crippen LogP contribution is -2.30. The number of carbonyl (C=O) groups is 3. The highest BCUT2D eigenvalue weighted by molar-refractivity contribution is 5.72. The third-order valence-electron chi connectivity index (χ3n) is 12.2. The van der Waals surface area contributed by atoms with Gasteiger partial charge >= 0.3 is 17.9 Å². The Morgan fingerprint density at radius 2 is 0.627 bits per heavy atom. The Hall–Kier alpha value is -3.15. The van der Waals surface area contributed by atoms with Gasteiger partial charge in [0, 0.05) is 12.8 Å². The van der Waals surface area contributed by atoms with Gasteiger partial charge in [0.05, 0.1) is 6.42 Å². The number of allylic oxidation sites excluding steroid dienone is 11. The predicted octanol–water partition coefficient (Wildman–Crippen LogP) is 19.0. The molecule has 0 aliphatic carbocycles. The average molecular weight is 936 g/mol. The molecule has 0 aliphatic heterocycles. The van der Waals surface area contributed by atoms with Crippen molar-refractivity contribution in [3.8, 4) is 0 Å². The van der Waals surface area contributed by atoms with Gasteiger partial charge in [-0.25, -0.2) is 0 Å². The van der Waals surface area contributed by atoms with Crippen molar-refractivity contribution < 1.29 is 28.6 Å². The fraction of sp³-hybridized carbons (Fsp3) is 0.754. The van der Waals surface area contributed by atoms with Crippen LogP contribution in [0.2, 0.25) is 0 Å². The molecule has 0 radical (unpaired) electrons. The van der Waals surface area contributed by atoms with E-state index in [1.54, 1.807) is 6.08 Å². The molecule has 6 heteroatoms. The second-order valence-corrected chi connectivity index (χ2v) is 18.8. The van der Waals surface area contributed by atoms with Crippen molar-refractivity contribution in [2.24, 2.45) is 0 Å². The Morgan fingerprint density at radius 3 is 0.970 bits per heavy atom. The number of carbonyl (C=O) groups excluding carboxylic acids is 3. The van der Waals surface area contributed by atoms with Crippen LogP contribution in [0.5, 0.6) is 0 Å². The van der Waals surface area contributed by atoms with Crippen molar-refractivity contribution in [2.75, 3.05) is 13.2 Å². The Bertz CT molecular complexity index is 1260. The number of unbranched alkanes of at least 4 members (excludes halogenated alkanes) is 29. The monoisotopic (exact) mass is 935 g/mol. The lowest BCUT2D eigenvalue weighted by atomic mass is 10.0. The summed E-state index contributed by atoms with van der Waals surface area (Å²) in [7, 11) is 0. The molecule has 0 aromatic carbocycles. The molecular formula is C61H106O6. The zero-order chi connectivity index (χ0) is 48.6. The lowest BCUT2D eigenvalue weighted by molar-refractivity contribution is -0.166. The summed E-state index contributed by atoms with van der Waals surface area (Å²) < 4.78 is 16.7. The molecule has 0 spiro atoms. The highest BCUT2D eigenvalue weighted by atomic mass is 16.6. The molecule has 1 atom stereocenters. The molecule has 386 valence electrons. The maximum absolute atomic E-state index is 12.8. The summed E-state index contributed by atoms with van der Waals surface area (Å²) in [6, 6.07) is 0. The van der Waals surface area contributed by atoms with E-state index in [9.17, 15) is 14.4 Å². The Labute approximate surface area is 414 Å². The normalized spacial score (nSPS) is 12.6.